The molecule has 1 aliphatic rings. The molecule has 2 aromatic carbocycles. The third-order valence-electron chi connectivity index (χ3n) is 5.78. The Balaban J connectivity index is 1.31. The first-order chi connectivity index (χ1) is 15.1. The van der Waals surface area contributed by atoms with E-state index in [-0.39, 0.29) is 11.9 Å². The molecule has 0 aliphatic carbocycles. The van der Waals surface area contributed by atoms with Gasteiger partial charge < -0.3 is 9.73 Å². The maximum Gasteiger partial charge on any atom is 0.220 e. The molecule has 3 aromatic rings. The largest absolute Gasteiger partial charge is 0.441 e. The second-order valence-corrected chi connectivity index (χ2v) is 8.54. The van der Waals surface area contributed by atoms with Gasteiger partial charge in [-0.1, -0.05) is 41.4 Å². The van der Waals surface area contributed by atoms with Crippen LogP contribution in [0.25, 0.3) is 11.3 Å². The first kappa shape index (κ1) is 21.6. The molecule has 1 saturated heterocycles. The van der Waals surface area contributed by atoms with Crippen LogP contribution in [0.1, 0.15) is 42.3 Å². The summed E-state index contributed by atoms with van der Waals surface area (Å²) >= 11 is 5.93. The van der Waals surface area contributed by atoms with Crippen molar-refractivity contribution in [1.29, 1.82) is 0 Å². The highest BCUT2D eigenvalue weighted by molar-refractivity contribution is 6.30. The number of likely N-dealkylation sites (tertiary alicyclic amines) is 1. The van der Waals surface area contributed by atoms with Crippen LogP contribution in [0.3, 0.4) is 0 Å². The lowest BCUT2D eigenvalue weighted by molar-refractivity contribution is -0.121. The van der Waals surface area contributed by atoms with Gasteiger partial charge in [-0.25, -0.2) is 4.98 Å². The van der Waals surface area contributed by atoms with E-state index < -0.39 is 0 Å². The molecular formula is C25H28ClN3O2. The number of rotatable bonds is 8. The maximum absolute atomic E-state index is 12.5. The number of nitrogens with one attached hydrogen (secondary N) is 1. The molecule has 31 heavy (non-hydrogen) atoms. The van der Waals surface area contributed by atoms with Gasteiger partial charge in [-0.05, 0) is 62.7 Å². The van der Waals surface area contributed by atoms with Crippen molar-refractivity contribution in [3.8, 4) is 11.3 Å². The van der Waals surface area contributed by atoms with E-state index in [0.717, 1.165) is 18.7 Å². The van der Waals surface area contributed by atoms with Gasteiger partial charge in [0.05, 0.1) is 12.2 Å². The van der Waals surface area contributed by atoms with Crippen molar-refractivity contribution in [2.24, 2.45) is 0 Å². The zero-order valence-corrected chi connectivity index (χ0v) is 18.6. The molecule has 4 rings (SSSR count). The average Bonchev–Trinajstić information content (AvgIpc) is 3.47. The number of halogens is 1. The number of aromatic nitrogens is 1. The summed E-state index contributed by atoms with van der Waals surface area (Å²) in [6.45, 7) is 4.87. The Morgan fingerprint density at radius 2 is 1.84 bits per heavy atom. The predicted molar refractivity (Wildman–Crippen MR) is 123 cm³/mol. The Labute approximate surface area is 188 Å². The van der Waals surface area contributed by atoms with Crippen LogP contribution in [0.2, 0.25) is 5.02 Å². The van der Waals surface area contributed by atoms with E-state index in [4.69, 9.17) is 16.0 Å². The van der Waals surface area contributed by atoms with Gasteiger partial charge in [0.15, 0.2) is 11.7 Å². The Hall–Kier alpha value is -2.63. The van der Waals surface area contributed by atoms with E-state index >= 15 is 0 Å². The van der Waals surface area contributed by atoms with Gasteiger partial charge in [0.2, 0.25) is 5.91 Å². The number of carbonyl (C=O) groups excluding carboxylic acids is 1. The first-order valence-corrected chi connectivity index (χ1v) is 11.2. The third kappa shape index (κ3) is 5.75. The molecule has 1 unspecified atom stereocenters. The summed E-state index contributed by atoms with van der Waals surface area (Å²) in [5.41, 5.74) is 3.42. The fourth-order valence-corrected chi connectivity index (χ4v) is 4.12. The van der Waals surface area contributed by atoms with Crippen LogP contribution < -0.4 is 5.32 Å². The number of nitrogens with zero attached hydrogens (tertiary/aromatic N) is 2. The summed E-state index contributed by atoms with van der Waals surface area (Å²) in [6.07, 6.45) is 4.95. The topological polar surface area (TPSA) is 58.4 Å². The number of hydrogen-bond donors (Lipinski definition) is 1. The first-order valence-electron chi connectivity index (χ1n) is 10.9. The normalized spacial score (nSPS) is 15.2. The van der Waals surface area contributed by atoms with Crippen molar-refractivity contribution >= 4 is 17.5 Å². The molecule has 1 N–H and O–H groups in total. The van der Waals surface area contributed by atoms with Gasteiger partial charge in [0, 0.05) is 30.0 Å². The lowest BCUT2D eigenvalue weighted by atomic mass is 10.0. The van der Waals surface area contributed by atoms with Crippen molar-refractivity contribution < 1.29 is 9.21 Å². The summed E-state index contributed by atoms with van der Waals surface area (Å²) in [5.74, 6) is 1.26. The highest BCUT2D eigenvalue weighted by Crippen LogP contribution is 2.25. The minimum Gasteiger partial charge on any atom is -0.441 e. The fraction of sp³-hybridized carbons (Fsp3) is 0.360. The van der Waals surface area contributed by atoms with Crippen molar-refractivity contribution in [3.63, 3.8) is 0 Å². The zero-order chi connectivity index (χ0) is 21.6. The fourth-order valence-electron chi connectivity index (χ4n) is 3.99. The highest BCUT2D eigenvalue weighted by atomic mass is 35.5. The summed E-state index contributed by atoms with van der Waals surface area (Å²) < 4.78 is 5.80. The van der Waals surface area contributed by atoms with Crippen LogP contribution in [0, 0.1) is 6.92 Å². The number of carbonyl (C=O) groups is 1. The molecule has 1 aliphatic heterocycles. The molecule has 0 saturated carbocycles. The van der Waals surface area contributed by atoms with Gasteiger partial charge in [0.25, 0.3) is 0 Å². The van der Waals surface area contributed by atoms with Crippen molar-refractivity contribution in [1.82, 2.24) is 15.2 Å². The molecule has 162 valence electrons. The van der Waals surface area contributed by atoms with Crippen LogP contribution in [0.4, 0.5) is 0 Å². The monoisotopic (exact) mass is 437 g/mol. The Bertz CT molecular complexity index is 992. The van der Waals surface area contributed by atoms with E-state index in [2.05, 4.69) is 46.4 Å². The van der Waals surface area contributed by atoms with Crippen LogP contribution in [-0.2, 0) is 11.2 Å². The Morgan fingerprint density at radius 1 is 1.13 bits per heavy atom. The molecule has 5 nitrogen and oxygen atoms in total. The highest BCUT2D eigenvalue weighted by Gasteiger charge is 2.24. The van der Waals surface area contributed by atoms with E-state index in [1.165, 1.54) is 24.0 Å². The Kier molecular flexibility index (Phi) is 7.05. The molecule has 1 aromatic heterocycles. The molecule has 0 spiro atoms. The molecule has 1 fully saturated rings. The molecule has 2 heterocycles. The van der Waals surface area contributed by atoms with E-state index in [9.17, 15) is 4.79 Å². The third-order valence-corrected chi connectivity index (χ3v) is 6.04. The second-order valence-electron chi connectivity index (χ2n) is 8.10. The van der Waals surface area contributed by atoms with Gasteiger partial charge in [-0.3, -0.25) is 9.69 Å². The quantitative estimate of drug-likeness (QED) is 0.526. The number of hydrogen-bond acceptors (Lipinski definition) is 4. The van der Waals surface area contributed by atoms with Crippen LogP contribution >= 0.6 is 11.6 Å². The molecule has 6 heteroatoms. The van der Waals surface area contributed by atoms with Crippen molar-refractivity contribution in [3.05, 3.63) is 76.8 Å². The van der Waals surface area contributed by atoms with Crippen molar-refractivity contribution in [2.75, 3.05) is 19.6 Å². The predicted octanol–water partition coefficient (Wildman–Crippen LogP) is 5.19. The number of aryl methyl sites for hydroxylation is 2. The minimum absolute atomic E-state index is 0.0163. The van der Waals surface area contributed by atoms with E-state index in [1.54, 1.807) is 6.20 Å². The van der Waals surface area contributed by atoms with Crippen LogP contribution in [0.5, 0.6) is 0 Å². The number of amides is 1. The maximum atomic E-state index is 12.5. The standard InChI is InChI=1S/C25H28ClN3O2/c1-18-4-6-19(7-5-18)22(29-14-2-3-15-29)16-27-24(30)12-13-25-28-17-23(31-25)20-8-10-21(26)11-9-20/h4-11,17,22H,2-3,12-16H2,1H3,(H,27,30). The average molecular weight is 438 g/mol. The summed E-state index contributed by atoms with van der Waals surface area (Å²) in [5, 5.41) is 3.80. The Morgan fingerprint density at radius 3 is 2.55 bits per heavy atom. The SMILES string of the molecule is Cc1ccc(C(CNC(=O)CCc2ncc(-c3ccc(Cl)cc3)o2)N2CCCC2)cc1. The van der Waals surface area contributed by atoms with Gasteiger partial charge >= 0.3 is 0 Å². The van der Waals surface area contributed by atoms with E-state index in [1.807, 2.05) is 24.3 Å². The number of oxazole rings is 1. The van der Waals surface area contributed by atoms with Crippen molar-refractivity contribution in [2.45, 2.75) is 38.6 Å². The summed E-state index contributed by atoms with van der Waals surface area (Å²) in [4.78, 5) is 19.3. The zero-order valence-electron chi connectivity index (χ0n) is 17.8. The van der Waals surface area contributed by atoms with Gasteiger partial charge in [0.1, 0.15) is 0 Å². The smallest absolute Gasteiger partial charge is 0.220 e. The molecule has 1 amide bonds. The summed E-state index contributed by atoms with van der Waals surface area (Å²) in [7, 11) is 0. The second kappa shape index (κ2) is 10.1. The minimum atomic E-state index is 0.0163. The summed E-state index contributed by atoms with van der Waals surface area (Å²) in [6, 6.07) is 16.3. The molecule has 1 atom stereocenters. The molecular weight excluding hydrogens is 410 g/mol. The number of benzene rings is 2. The van der Waals surface area contributed by atoms with Gasteiger partial charge in [-0.2, -0.15) is 0 Å². The van der Waals surface area contributed by atoms with Crippen LogP contribution in [-0.4, -0.2) is 35.4 Å². The lowest BCUT2D eigenvalue weighted by Gasteiger charge is -2.28. The molecule has 0 bridgehead atoms. The van der Waals surface area contributed by atoms with E-state index in [0.29, 0.717) is 36.1 Å². The molecule has 0 radical (unpaired) electrons. The van der Waals surface area contributed by atoms with Crippen LogP contribution in [0.15, 0.2) is 59.1 Å². The van der Waals surface area contributed by atoms with Gasteiger partial charge in [-0.15, -0.1) is 0 Å². The lowest BCUT2D eigenvalue weighted by Crippen LogP contribution is -2.36.